The van der Waals surface area contributed by atoms with E-state index in [1.165, 1.54) is 17.2 Å². The smallest absolute Gasteiger partial charge is 0.126 e. The number of benzene rings is 2. The summed E-state index contributed by atoms with van der Waals surface area (Å²) in [6.45, 7) is 2.98. The molecular weight excluding hydrogens is 249 g/mol. The molecule has 0 aromatic heterocycles. The van der Waals surface area contributed by atoms with Crippen LogP contribution in [0.3, 0.4) is 0 Å². The molecule has 20 heavy (non-hydrogen) atoms. The number of rotatable bonds is 6. The summed E-state index contributed by atoms with van der Waals surface area (Å²) in [5.41, 5.74) is 3.39. The average Bonchev–Trinajstić information content (AvgIpc) is 2.44. The number of halogens is 1. The molecule has 0 heterocycles. The quantitative estimate of drug-likeness (QED) is 0.843. The number of hydrogen-bond donors (Lipinski definition) is 1. The predicted molar refractivity (Wildman–Crippen MR) is 82.4 cm³/mol. The van der Waals surface area contributed by atoms with Crippen LogP contribution in [0.4, 0.5) is 4.39 Å². The van der Waals surface area contributed by atoms with Crippen molar-refractivity contribution >= 4 is 0 Å². The average molecular weight is 271 g/mol. The van der Waals surface area contributed by atoms with Crippen molar-refractivity contribution in [1.82, 2.24) is 5.32 Å². The van der Waals surface area contributed by atoms with Crippen molar-refractivity contribution < 1.29 is 4.39 Å². The molecule has 0 aliphatic carbocycles. The van der Waals surface area contributed by atoms with E-state index in [9.17, 15) is 4.39 Å². The van der Waals surface area contributed by atoms with Crippen LogP contribution in [0.15, 0.2) is 48.5 Å². The lowest BCUT2D eigenvalue weighted by Crippen LogP contribution is -2.23. The Bertz CT molecular complexity index is 533. The molecule has 1 nitrogen and oxygen atoms in total. The van der Waals surface area contributed by atoms with E-state index in [2.05, 4.69) is 36.5 Å². The Labute approximate surface area is 120 Å². The minimum Gasteiger partial charge on any atom is -0.319 e. The zero-order valence-corrected chi connectivity index (χ0v) is 12.2. The van der Waals surface area contributed by atoms with E-state index in [-0.39, 0.29) is 5.82 Å². The van der Waals surface area contributed by atoms with Crippen molar-refractivity contribution in [3.63, 3.8) is 0 Å². The predicted octanol–water partition coefficient (Wildman–Crippen LogP) is 3.75. The van der Waals surface area contributed by atoms with Gasteiger partial charge >= 0.3 is 0 Å². The van der Waals surface area contributed by atoms with E-state index in [0.29, 0.717) is 5.92 Å². The molecule has 1 unspecified atom stereocenters. The molecule has 2 aromatic carbocycles. The molecule has 1 N–H and O–H groups in total. The SMILES string of the molecule is CNCC(Cc1ccc(C)cc1)Cc1ccccc1F. The second kappa shape index (κ2) is 7.20. The molecule has 0 aliphatic rings. The molecule has 106 valence electrons. The summed E-state index contributed by atoms with van der Waals surface area (Å²) in [7, 11) is 1.95. The largest absolute Gasteiger partial charge is 0.319 e. The second-order valence-corrected chi connectivity index (χ2v) is 5.41. The van der Waals surface area contributed by atoms with Crippen molar-refractivity contribution in [2.75, 3.05) is 13.6 Å². The molecule has 0 fully saturated rings. The summed E-state index contributed by atoms with van der Waals surface area (Å²) in [5.74, 6) is 0.303. The third kappa shape index (κ3) is 4.17. The zero-order chi connectivity index (χ0) is 14.4. The number of aryl methyl sites for hydroxylation is 1. The van der Waals surface area contributed by atoms with Crippen LogP contribution in [-0.4, -0.2) is 13.6 Å². The van der Waals surface area contributed by atoms with Gasteiger partial charge in [0, 0.05) is 0 Å². The summed E-state index contributed by atoms with van der Waals surface area (Å²) in [4.78, 5) is 0. The van der Waals surface area contributed by atoms with E-state index >= 15 is 0 Å². The lowest BCUT2D eigenvalue weighted by Gasteiger charge is -2.17. The number of hydrogen-bond acceptors (Lipinski definition) is 1. The molecule has 0 saturated heterocycles. The van der Waals surface area contributed by atoms with E-state index in [1.807, 2.05) is 19.2 Å². The van der Waals surface area contributed by atoms with Crippen molar-refractivity contribution in [2.45, 2.75) is 19.8 Å². The Balaban J connectivity index is 2.07. The Morgan fingerprint density at radius 2 is 1.70 bits per heavy atom. The Hall–Kier alpha value is -1.67. The standard InChI is InChI=1S/C18H22FN/c1-14-7-9-15(10-8-14)11-16(13-20-2)12-17-5-3-4-6-18(17)19/h3-10,16,20H,11-13H2,1-2H3. The summed E-state index contributed by atoms with van der Waals surface area (Å²) in [6.07, 6.45) is 1.73. The van der Waals surface area contributed by atoms with Gasteiger partial charge in [-0.2, -0.15) is 0 Å². The maximum atomic E-state index is 13.8. The molecular formula is C18H22FN. The number of nitrogens with one attached hydrogen (secondary N) is 1. The van der Waals surface area contributed by atoms with Gasteiger partial charge in [-0.25, -0.2) is 4.39 Å². The highest BCUT2D eigenvalue weighted by molar-refractivity contribution is 5.23. The van der Waals surface area contributed by atoms with Gasteiger partial charge in [-0.3, -0.25) is 0 Å². The van der Waals surface area contributed by atoms with Crippen molar-refractivity contribution in [1.29, 1.82) is 0 Å². The van der Waals surface area contributed by atoms with Gasteiger partial charge < -0.3 is 5.32 Å². The molecule has 0 aliphatic heterocycles. The Morgan fingerprint density at radius 3 is 2.35 bits per heavy atom. The molecule has 2 heteroatoms. The van der Waals surface area contributed by atoms with Gasteiger partial charge in [-0.1, -0.05) is 48.0 Å². The highest BCUT2D eigenvalue weighted by Gasteiger charge is 2.12. The maximum Gasteiger partial charge on any atom is 0.126 e. The van der Waals surface area contributed by atoms with Crippen LogP contribution in [0.2, 0.25) is 0 Å². The second-order valence-electron chi connectivity index (χ2n) is 5.41. The van der Waals surface area contributed by atoms with Crippen molar-refractivity contribution in [2.24, 2.45) is 5.92 Å². The van der Waals surface area contributed by atoms with E-state index in [0.717, 1.165) is 24.9 Å². The monoisotopic (exact) mass is 271 g/mol. The normalized spacial score (nSPS) is 12.3. The van der Waals surface area contributed by atoms with Crippen LogP contribution < -0.4 is 5.32 Å². The van der Waals surface area contributed by atoms with Gasteiger partial charge in [0.1, 0.15) is 5.82 Å². The fourth-order valence-corrected chi connectivity index (χ4v) is 2.54. The maximum absolute atomic E-state index is 13.8. The first-order chi connectivity index (χ1) is 9.69. The molecule has 2 aromatic rings. The van der Waals surface area contributed by atoms with Crippen molar-refractivity contribution in [3.8, 4) is 0 Å². The molecule has 0 amide bonds. The van der Waals surface area contributed by atoms with Crippen LogP contribution in [-0.2, 0) is 12.8 Å². The summed E-state index contributed by atoms with van der Waals surface area (Å²) in [6, 6.07) is 15.7. The zero-order valence-electron chi connectivity index (χ0n) is 12.2. The van der Waals surface area contributed by atoms with E-state index < -0.39 is 0 Å². The topological polar surface area (TPSA) is 12.0 Å². The highest BCUT2D eigenvalue weighted by atomic mass is 19.1. The third-order valence-corrected chi connectivity index (χ3v) is 3.60. The fourth-order valence-electron chi connectivity index (χ4n) is 2.54. The molecule has 0 spiro atoms. The van der Waals surface area contributed by atoms with Crippen molar-refractivity contribution in [3.05, 3.63) is 71.0 Å². The van der Waals surface area contributed by atoms with Crippen LogP contribution in [0.5, 0.6) is 0 Å². The van der Waals surface area contributed by atoms with E-state index in [1.54, 1.807) is 6.07 Å². The molecule has 0 radical (unpaired) electrons. The van der Waals surface area contributed by atoms with Gasteiger partial charge in [-0.15, -0.1) is 0 Å². The van der Waals surface area contributed by atoms with Gasteiger partial charge in [0.2, 0.25) is 0 Å². The molecule has 1 atom stereocenters. The third-order valence-electron chi connectivity index (χ3n) is 3.60. The first-order valence-electron chi connectivity index (χ1n) is 7.12. The summed E-state index contributed by atoms with van der Waals surface area (Å²) >= 11 is 0. The molecule has 0 saturated carbocycles. The van der Waals surface area contributed by atoms with Crippen LogP contribution >= 0.6 is 0 Å². The molecule has 0 bridgehead atoms. The lowest BCUT2D eigenvalue weighted by atomic mass is 9.92. The van der Waals surface area contributed by atoms with Crippen LogP contribution in [0, 0.1) is 18.7 Å². The minimum absolute atomic E-state index is 0.0995. The molecule has 2 rings (SSSR count). The highest BCUT2D eigenvalue weighted by Crippen LogP contribution is 2.17. The lowest BCUT2D eigenvalue weighted by molar-refractivity contribution is 0.480. The fraction of sp³-hybridized carbons (Fsp3) is 0.333. The summed E-state index contributed by atoms with van der Waals surface area (Å²) in [5, 5.41) is 3.22. The Kier molecular flexibility index (Phi) is 5.31. The Morgan fingerprint density at radius 1 is 1.00 bits per heavy atom. The van der Waals surface area contributed by atoms with Crippen LogP contribution in [0.25, 0.3) is 0 Å². The minimum atomic E-state index is -0.0995. The van der Waals surface area contributed by atoms with Gasteiger partial charge in [0.05, 0.1) is 0 Å². The first-order valence-corrected chi connectivity index (χ1v) is 7.12. The summed E-state index contributed by atoms with van der Waals surface area (Å²) < 4.78 is 13.8. The van der Waals surface area contributed by atoms with Gasteiger partial charge in [-0.05, 0) is 56.5 Å². The van der Waals surface area contributed by atoms with Crippen LogP contribution in [0.1, 0.15) is 16.7 Å². The van der Waals surface area contributed by atoms with Gasteiger partial charge in [0.25, 0.3) is 0 Å². The van der Waals surface area contributed by atoms with Gasteiger partial charge in [0.15, 0.2) is 0 Å². The van der Waals surface area contributed by atoms with E-state index in [4.69, 9.17) is 0 Å². The first kappa shape index (κ1) is 14.7.